The fourth-order valence-electron chi connectivity index (χ4n) is 2.52. The van der Waals surface area contributed by atoms with Crippen LogP contribution in [0.2, 0.25) is 0 Å². The summed E-state index contributed by atoms with van der Waals surface area (Å²) in [6.07, 6.45) is 2.10. The van der Waals surface area contributed by atoms with E-state index >= 15 is 0 Å². The van der Waals surface area contributed by atoms with Crippen LogP contribution in [0.25, 0.3) is 0 Å². The fourth-order valence-corrected chi connectivity index (χ4v) is 5.75. The van der Waals surface area contributed by atoms with Crippen LogP contribution in [0.3, 0.4) is 0 Å². The van der Waals surface area contributed by atoms with Crippen molar-refractivity contribution in [3.63, 3.8) is 0 Å². The zero-order chi connectivity index (χ0) is 17.3. The lowest BCUT2D eigenvalue weighted by molar-refractivity contribution is 0.554. The van der Waals surface area contributed by atoms with E-state index in [4.69, 9.17) is 0 Å². The second-order valence-electron chi connectivity index (χ2n) is 5.98. The Balaban J connectivity index is 2.44. The van der Waals surface area contributed by atoms with Crippen LogP contribution in [0, 0.1) is 6.92 Å². The number of aryl methyl sites for hydroxylation is 1. The Kier molecular flexibility index (Phi) is 5.37. The zero-order valence-electron chi connectivity index (χ0n) is 13.7. The van der Waals surface area contributed by atoms with Crippen molar-refractivity contribution in [1.29, 1.82) is 0 Å². The van der Waals surface area contributed by atoms with Crippen molar-refractivity contribution in [1.82, 2.24) is 4.72 Å². The van der Waals surface area contributed by atoms with Gasteiger partial charge < -0.3 is 0 Å². The summed E-state index contributed by atoms with van der Waals surface area (Å²) in [6.45, 7) is 5.80. The zero-order valence-corrected chi connectivity index (χ0v) is 15.4. The van der Waals surface area contributed by atoms with E-state index < -0.39 is 20.0 Å². The molecule has 1 heterocycles. The minimum absolute atomic E-state index is 0.105. The van der Waals surface area contributed by atoms with Gasteiger partial charge in [-0.05, 0) is 50.8 Å². The average Bonchev–Trinajstić information content (AvgIpc) is 2.47. The van der Waals surface area contributed by atoms with Gasteiger partial charge in [-0.1, -0.05) is 13.0 Å². The molecule has 1 atom stereocenters. The lowest BCUT2D eigenvalue weighted by atomic mass is 10.2. The van der Waals surface area contributed by atoms with Gasteiger partial charge in [-0.2, -0.15) is 0 Å². The predicted molar refractivity (Wildman–Crippen MR) is 91.6 cm³/mol. The van der Waals surface area contributed by atoms with Crippen LogP contribution in [-0.2, 0) is 20.0 Å². The Morgan fingerprint density at radius 1 is 1.30 bits per heavy atom. The molecule has 0 aromatic heterocycles. The van der Waals surface area contributed by atoms with Gasteiger partial charge in [0, 0.05) is 12.6 Å². The third-order valence-electron chi connectivity index (χ3n) is 4.07. The monoisotopic (exact) mass is 360 g/mol. The number of anilines is 1. The molecule has 2 rings (SSSR count). The van der Waals surface area contributed by atoms with Crippen molar-refractivity contribution in [2.24, 2.45) is 0 Å². The maximum absolute atomic E-state index is 12.5. The SMILES string of the molecule is CCC(C)NS(=O)(=O)c1cc(N2CCCCS2(=O)=O)ccc1C. The summed E-state index contributed by atoms with van der Waals surface area (Å²) in [7, 11) is -7.03. The Morgan fingerprint density at radius 2 is 2.00 bits per heavy atom. The Labute approximate surface area is 139 Å². The molecular weight excluding hydrogens is 336 g/mol. The predicted octanol–water partition coefficient (Wildman–Crippen LogP) is 2.00. The minimum atomic E-state index is -3.67. The normalized spacial score (nSPS) is 19.5. The molecule has 0 aliphatic carbocycles. The molecule has 1 fully saturated rings. The molecule has 1 unspecified atom stereocenters. The molecule has 1 aromatic carbocycles. The summed E-state index contributed by atoms with van der Waals surface area (Å²) in [6, 6.07) is 4.61. The molecular formula is C15H24N2O4S2. The number of hydrogen-bond acceptors (Lipinski definition) is 4. The first-order valence-electron chi connectivity index (χ1n) is 7.81. The Hall–Kier alpha value is -1.12. The van der Waals surface area contributed by atoms with E-state index in [0.29, 0.717) is 30.6 Å². The molecule has 0 saturated carbocycles. The Bertz CT molecular complexity index is 773. The van der Waals surface area contributed by atoms with Crippen molar-refractivity contribution in [3.05, 3.63) is 23.8 Å². The van der Waals surface area contributed by atoms with Crippen molar-refractivity contribution in [2.45, 2.75) is 51.0 Å². The molecule has 1 aromatic rings. The highest BCUT2D eigenvalue weighted by molar-refractivity contribution is 7.92. The highest BCUT2D eigenvalue weighted by atomic mass is 32.2. The summed E-state index contributed by atoms with van der Waals surface area (Å²) in [5.41, 5.74) is 1.01. The number of sulfonamides is 2. The van der Waals surface area contributed by atoms with Gasteiger partial charge in [-0.15, -0.1) is 0 Å². The highest BCUT2D eigenvalue weighted by Crippen LogP contribution is 2.28. The van der Waals surface area contributed by atoms with Gasteiger partial charge in [0.1, 0.15) is 0 Å². The summed E-state index contributed by atoms with van der Waals surface area (Å²) in [5.74, 6) is 0.105. The minimum Gasteiger partial charge on any atom is -0.270 e. The van der Waals surface area contributed by atoms with E-state index in [1.54, 1.807) is 26.0 Å². The van der Waals surface area contributed by atoms with E-state index in [1.165, 1.54) is 10.4 Å². The largest absolute Gasteiger partial charge is 0.270 e. The van der Waals surface area contributed by atoms with Crippen LogP contribution in [0.1, 0.15) is 38.7 Å². The standard InChI is InChI=1S/C15H24N2O4S2/c1-4-13(3)16-23(20,21)15-11-14(8-7-12(15)2)17-9-5-6-10-22(17,18)19/h7-8,11,13,16H,4-6,9-10H2,1-3H3. The first-order chi connectivity index (χ1) is 10.7. The van der Waals surface area contributed by atoms with Crippen molar-refractivity contribution in [2.75, 3.05) is 16.6 Å². The molecule has 0 radical (unpaired) electrons. The maximum atomic E-state index is 12.5. The third kappa shape index (κ3) is 4.05. The molecule has 23 heavy (non-hydrogen) atoms. The molecule has 6 nitrogen and oxygen atoms in total. The summed E-state index contributed by atoms with van der Waals surface area (Å²) < 4.78 is 53.4. The van der Waals surface area contributed by atoms with Crippen LogP contribution in [0.4, 0.5) is 5.69 Å². The van der Waals surface area contributed by atoms with E-state index in [2.05, 4.69) is 4.72 Å². The van der Waals surface area contributed by atoms with E-state index in [0.717, 1.165) is 6.42 Å². The van der Waals surface area contributed by atoms with Crippen LogP contribution in [-0.4, -0.2) is 35.2 Å². The van der Waals surface area contributed by atoms with Gasteiger partial charge in [0.05, 0.1) is 16.3 Å². The van der Waals surface area contributed by atoms with Gasteiger partial charge in [-0.3, -0.25) is 4.31 Å². The second kappa shape index (κ2) is 6.78. The summed E-state index contributed by atoms with van der Waals surface area (Å²) in [5, 5.41) is 0. The second-order valence-corrected chi connectivity index (χ2v) is 9.67. The Morgan fingerprint density at radius 3 is 2.61 bits per heavy atom. The van der Waals surface area contributed by atoms with Gasteiger partial charge in [-0.25, -0.2) is 21.6 Å². The molecule has 130 valence electrons. The van der Waals surface area contributed by atoms with Crippen LogP contribution < -0.4 is 9.03 Å². The summed E-state index contributed by atoms with van der Waals surface area (Å²) in [4.78, 5) is 0.135. The molecule has 1 N–H and O–H groups in total. The summed E-state index contributed by atoms with van der Waals surface area (Å²) >= 11 is 0. The van der Waals surface area contributed by atoms with Crippen LogP contribution in [0.5, 0.6) is 0 Å². The molecule has 0 spiro atoms. The molecule has 0 bridgehead atoms. The van der Waals surface area contributed by atoms with Crippen molar-refractivity contribution in [3.8, 4) is 0 Å². The van der Waals surface area contributed by atoms with Gasteiger partial charge in [0.2, 0.25) is 20.0 Å². The first-order valence-corrected chi connectivity index (χ1v) is 10.9. The highest BCUT2D eigenvalue weighted by Gasteiger charge is 2.28. The number of rotatable bonds is 5. The lowest BCUT2D eigenvalue weighted by Crippen LogP contribution is -2.38. The van der Waals surface area contributed by atoms with Crippen molar-refractivity contribution >= 4 is 25.7 Å². The number of benzene rings is 1. The van der Waals surface area contributed by atoms with Gasteiger partial charge in [0.25, 0.3) is 0 Å². The van der Waals surface area contributed by atoms with Gasteiger partial charge >= 0.3 is 0 Å². The fraction of sp³-hybridized carbons (Fsp3) is 0.600. The van der Waals surface area contributed by atoms with Crippen molar-refractivity contribution < 1.29 is 16.8 Å². The van der Waals surface area contributed by atoms with E-state index in [-0.39, 0.29) is 16.7 Å². The average molecular weight is 361 g/mol. The third-order valence-corrected chi connectivity index (χ3v) is 7.67. The molecule has 1 saturated heterocycles. The van der Waals surface area contributed by atoms with Crippen LogP contribution in [0.15, 0.2) is 23.1 Å². The van der Waals surface area contributed by atoms with E-state index in [9.17, 15) is 16.8 Å². The maximum Gasteiger partial charge on any atom is 0.241 e. The molecule has 8 heteroatoms. The van der Waals surface area contributed by atoms with Crippen LogP contribution >= 0.6 is 0 Å². The first kappa shape index (κ1) is 18.2. The molecule has 1 aliphatic rings. The van der Waals surface area contributed by atoms with Gasteiger partial charge in [0.15, 0.2) is 0 Å². The molecule has 1 aliphatic heterocycles. The topological polar surface area (TPSA) is 83.6 Å². The number of nitrogens with zero attached hydrogens (tertiary/aromatic N) is 1. The number of hydrogen-bond donors (Lipinski definition) is 1. The van der Waals surface area contributed by atoms with E-state index in [1.807, 2.05) is 6.92 Å². The molecule has 0 amide bonds. The quantitative estimate of drug-likeness (QED) is 0.870. The lowest BCUT2D eigenvalue weighted by Gasteiger charge is -2.29. The number of nitrogens with one attached hydrogen (secondary N) is 1. The smallest absolute Gasteiger partial charge is 0.241 e.